The van der Waals surface area contributed by atoms with Crippen molar-refractivity contribution in [2.75, 3.05) is 5.33 Å². The van der Waals surface area contributed by atoms with Gasteiger partial charge in [0.2, 0.25) is 0 Å². The van der Waals surface area contributed by atoms with Crippen LogP contribution in [-0.2, 0) is 0 Å². The highest BCUT2D eigenvalue weighted by molar-refractivity contribution is 9.09. The monoisotopic (exact) mass is 264 g/mol. The highest BCUT2D eigenvalue weighted by atomic mass is 79.9. The summed E-state index contributed by atoms with van der Waals surface area (Å²) in [6, 6.07) is 3.30. The lowest BCUT2D eigenvalue weighted by Gasteiger charge is -2.16. The van der Waals surface area contributed by atoms with Gasteiger partial charge in [-0.15, -0.1) is 0 Å². The Hall–Kier alpha value is -0.650. The highest BCUT2D eigenvalue weighted by Crippen LogP contribution is 2.24. The van der Waals surface area contributed by atoms with Gasteiger partial charge in [-0.1, -0.05) is 15.9 Å². The van der Waals surface area contributed by atoms with Crippen LogP contribution in [0.3, 0.4) is 0 Å². The molecule has 0 saturated carbocycles. The zero-order valence-corrected chi connectivity index (χ0v) is 8.78. The standard InChI is InChI=1S/C9H10BrFO3/c10-4-8(13)9(14)6-3-5(12)1-2-7(6)11/h1-3,8-9,12-14H,4H2. The van der Waals surface area contributed by atoms with Crippen LogP contribution in [0.5, 0.6) is 5.75 Å². The first-order chi connectivity index (χ1) is 6.56. The Labute approximate surface area is 88.9 Å². The van der Waals surface area contributed by atoms with Crippen molar-refractivity contribution in [1.82, 2.24) is 0 Å². The summed E-state index contributed by atoms with van der Waals surface area (Å²) in [5.41, 5.74) is -0.114. The minimum absolute atomic E-state index is 0.114. The van der Waals surface area contributed by atoms with Crippen molar-refractivity contribution < 1.29 is 19.7 Å². The minimum atomic E-state index is -1.35. The number of aliphatic hydroxyl groups excluding tert-OH is 2. The third kappa shape index (κ3) is 2.43. The molecule has 0 amide bonds. The van der Waals surface area contributed by atoms with E-state index in [0.717, 1.165) is 12.1 Å². The van der Waals surface area contributed by atoms with E-state index in [1.54, 1.807) is 0 Å². The van der Waals surface area contributed by atoms with Crippen LogP contribution in [0.25, 0.3) is 0 Å². The molecule has 0 aliphatic carbocycles. The summed E-state index contributed by atoms with van der Waals surface area (Å²) < 4.78 is 13.1. The fourth-order valence-electron chi connectivity index (χ4n) is 1.05. The quantitative estimate of drug-likeness (QED) is 0.722. The molecular formula is C9H10BrFO3. The van der Waals surface area contributed by atoms with E-state index in [0.29, 0.717) is 0 Å². The Morgan fingerprint density at radius 1 is 1.36 bits per heavy atom. The van der Waals surface area contributed by atoms with Gasteiger partial charge in [0.15, 0.2) is 0 Å². The predicted molar refractivity (Wildman–Crippen MR) is 52.8 cm³/mol. The third-order valence-corrected chi connectivity index (χ3v) is 2.48. The number of phenols is 1. The van der Waals surface area contributed by atoms with Crippen LogP contribution < -0.4 is 0 Å². The van der Waals surface area contributed by atoms with E-state index in [2.05, 4.69) is 15.9 Å². The summed E-state index contributed by atoms with van der Waals surface area (Å²) in [5, 5.41) is 27.9. The van der Waals surface area contributed by atoms with Crippen molar-refractivity contribution in [3.63, 3.8) is 0 Å². The van der Waals surface area contributed by atoms with Crippen molar-refractivity contribution in [1.29, 1.82) is 0 Å². The van der Waals surface area contributed by atoms with Gasteiger partial charge in [0.25, 0.3) is 0 Å². The molecule has 1 aromatic carbocycles. The van der Waals surface area contributed by atoms with Gasteiger partial charge in [-0.05, 0) is 18.2 Å². The molecule has 14 heavy (non-hydrogen) atoms. The number of benzene rings is 1. The average Bonchev–Trinajstić information content (AvgIpc) is 2.19. The van der Waals surface area contributed by atoms with E-state index in [-0.39, 0.29) is 16.6 Å². The molecule has 0 spiro atoms. The largest absolute Gasteiger partial charge is 0.508 e. The summed E-state index contributed by atoms with van der Waals surface area (Å²) >= 11 is 2.96. The molecule has 1 aromatic rings. The van der Waals surface area contributed by atoms with Crippen LogP contribution in [0.1, 0.15) is 11.7 Å². The number of rotatable bonds is 3. The van der Waals surface area contributed by atoms with Crippen LogP contribution >= 0.6 is 15.9 Å². The molecule has 3 N–H and O–H groups in total. The number of aromatic hydroxyl groups is 1. The second-order valence-corrected chi connectivity index (χ2v) is 3.52. The molecule has 0 aliphatic heterocycles. The van der Waals surface area contributed by atoms with Crippen LogP contribution in [0.15, 0.2) is 18.2 Å². The normalized spacial score (nSPS) is 15.1. The Morgan fingerprint density at radius 2 is 2.00 bits per heavy atom. The predicted octanol–water partition coefficient (Wildman–Crippen LogP) is 1.32. The van der Waals surface area contributed by atoms with Crippen LogP contribution in [0.4, 0.5) is 4.39 Å². The topological polar surface area (TPSA) is 60.7 Å². The first-order valence-corrected chi connectivity index (χ1v) is 5.09. The Kier molecular flexibility index (Phi) is 3.86. The zero-order valence-electron chi connectivity index (χ0n) is 7.19. The summed E-state index contributed by atoms with van der Waals surface area (Å²) in [6.45, 7) is 0. The van der Waals surface area contributed by atoms with Crippen LogP contribution in [-0.4, -0.2) is 26.8 Å². The SMILES string of the molecule is Oc1ccc(F)c(C(O)C(O)CBr)c1. The Balaban J connectivity index is 2.99. The van der Waals surface area contributed by atoms with E-state index < -0.39 is 18.0 Å². The molecule has 0 radical (unpaired) electrons. The summed E-state index contributed by atoms with van der Waals surface area (Å²) in [7, 11) is 0. The van der Waals surface area contributed by atoms with Crippen molar-refractivity contribution in [2.45, 2.75) is 12.2 Å². The van der Waals surface area contributed by atoms with E-state index in [4.69, 9.17) is 5.11 Å². The highest BCUT2D eigenvalue weighted by Gasteiger charge is 2.20. The lowest BCUT2D eigenvalue weighted by molar-refractivity contribution is 0.0319. The molecule has 5 heteroatoms. The van der Waals surface area contributed by atoms with Gasteiger partial charge in [0.05, 0.1) is 6.10 Å². The van der Waals surface area contributed by atoms with Gasteiger partial charge in [0, 0.05) is 10.9 Å². The van der Waals surface area contributed by atoms with E-state index in [9.17, 15) is 14.6 Å². The fourth-order valence-corrected chi connectivity index (χ4v) is 1.40. The smallest absolute Gasteiger partial charge is 0.129 e. The van der Waals surface area contributed by atoms with Crippen molar-refractivity contribution in [3.05, 3.63) is 29.6 Å². The molecule has 0 aromatic heterocycles. The zero-order chi connectivity index (χ0) is 10.7. The fraction of sp³-hybridized carbons (Fsp3) is 0.333. The lowest BCUT2D eigenvalue weighted by Crippen LogP contribution is -2.20. The second kappa shape index (κ2) is 4.72. The molecule has 0 bridgehead atoms. The molecule has 78 valence electrons. The summed E-state index contributed by atoms with van der Waals surface area (Å²) in [6.07, 6.45) is -2.45. The maximum atomic E-state index is 13.1. The number of aliphatic hydroxyl groups is 2. The van der Waals surface area contributed by atoms with E-state index >= 15 is 0 Å². The number of alkyl halides is 1. The van der Waals surface area contributed by atoms with Crippen molar-refractivity contribution in [2.24, 2.45) is 0 Å². The first kappa shape index (κ1) is 11.4. The number of phenolic OH excluding ortho intramolecular Hbond substituents is 1. The van der Waals surface area contributed by atoms with Gasteiger partial charge >= 0.3 is 0 Å². The molecule has 1 rings (SSSR count). The van der Waals surface area contributed by atoms with Crippen molar-refractivity contribution >= 4 is 15.9 Å². The molecule has 0 fully saturated rings. The summed E-state index contributed by atoms with van der Waals surface area (Å²) in [4.78, 5) is 0. The molecular weight excluding hydrogens is 255 g/mol. The molecule has 0 saturated heterocycles. The number of hydrogen-bond acceptors (Lipinski definition) is 3. The maximum absolute atomic E-state index is 13.1. The molecule has 3 nitrogen and oxygen atoms in total. The second-order valence-electron chi connectivity index (χ2n) is 2.87. The van der Waals surface area contributed by atoms with Crippen LogP contribution in [0, 0.1) is 5.82 Å². The molecule has 0 aliphatic rings. The lowest BCUT2D eigenvalue weighted by atomic mass is 10.0. The minimum Gasteiger partial charge on any atom is -0.508 e. The van der Waals surface area contributed by atoms with Gasteiger partial charge in [-0.3, -0.25) is 0 Å². The average molecular weight is 265 g/mol. The number of halogens is 2. The molecule has 2 unspecified atom stereocenters. The Morgan fingerprint density at radius 3 is 2.57 bits per heavy atom. The summed E-state index contributed by atoms with van der Waals surface area (Å²) in [5.74, 6) is -0.808. The maximum Gasteiger partial charge on any atom is 0.129 e. The van der Waals surface area contributed by atoms with E-state index in [1.165, 1.54) is 6.07 Å². The van der Waals surface area contributed by atoms with Gasteiger partial charge in [0.1, 0.15) is 17.7 Å². The van der Waals surface area contributed by atoms with Crippen LogP contribution in [0.2, 0.25) is 0 Å². The first-order valence-electron chi connectivity index (χ1n) is 3.96. The van der Waals surface area contributed by atoms with E-state index in [1.807, 2.05) is 0 Å². The third-order valence-electron chi connectivity index (χ3n) is 1.82. The molecule has 2 atom stereocenters. The van der Waals surface area contributed by atoms with Gasteiger partial charge < -0.3 is 15.3 Å². The van der Waals surface area contributed by atoms with Gasteiger partial charge in [-0.2, -0.15) is 0 Å². The molecule has 0 heterocycles. The van der Waals surface area contributed by atoms with Crippen molar-refractivity contribution in [3.8, 4) is 5.75 Å². The Bertz CT molecular complexity index is 319. The number of hydrogen-bond donors (Lipinski definition) is 3. The van der Waals surface area contributed by atoms with Gasteiger partial charge in [-0.25, -0.2) is 4.39 Å².